The van der Waals surface area contributed by atoms with Crippen molar-refractivity contribution in [3.8, 4) is 5.75 Å². The van der Waals surface area contributed by atoms with Crippen LogP contribution in [0.5, 0.6) is 5.75 Å². The topological polar surface area (TPSA) is 108 Å². The molecule has 1 aromatic carbocycles. The first-order chi connectivity index (χ1) is 14.8. The molecule has 3 amide bonds. The number of phenolic OH excluding ortho intramolecular Hbond substituents is 1. The molecule has 0 aromatic heterocycles. The number of carbonyl (C=O) groups excluding carboxylic acids is 3. The SMILES string of the molecule is CCCCNC(=O)C(c1cccc(O)c1)N(C(=O)CNC(=O)OC(C)(C)C)C(C)(C)CC. The Labute approximate surface area is 191 Å². The van der Waals surface area contributed by atoms with E-state index in [0.29, 0.717) is 18.5 Å². The maximum Gasteiger partial charge on any atom is 0.408 e. The molecule has 0 aliphatic heterocycles. The molecule has 0 aliphatic carbocycles. The average molecular weight is 450 g/mol. The van der Waals surface area contributed by atoms with Gasteiger partial charge in [-0.3, -0.25) is 9.59 Å². The van der Waals surface area contributed by atoms with Crippen molar-refractivity contribution in [2.75, 3.05) is 13.1 Å². The second-order valence-corrected chi connectivity index (χ2v) is 9.43. The summed E-state index contributed by atoms with van der Waals surface area (Å²) >= 11 is 0. The van der Waals surface area contributed by atoms with E-state index in [4.69, 9.17) is 4.74 Å². The quantitative estimate of drug-likeness (QED) is 0.470. The van der Waals surface area contributed by atoms with Crippen LogP contribution in [0, 0.1) is 0 Å². The fourth-order valence-electron chi connectivity index (χ4n) is 3.15. The van der Waals surface area contributed by atoms with Crippen LogP contribution in [0.1, 0.15) is 79.3 Å². The van der Waals surface area contributed by atoms with Crippen LogP contribution in [0.25, 0.3) is 0 Å². The largest absolute Gasteiger partial charge is 0.508 e. The number of benzene rings is 1. The summed E-state index contributed by atoms with van der Waals surface area (Å²) in [6.45, 7) is 13.1. The first kappa shape index (κ1) is 27.3. The van der Waals surface area contributed by atoms with E-state index < -0.39 is 29.2 Å². The van der Waals surface area contributed by atoms with Crippen LogP contribution < -0.4 is 10.6 Å². The first-order valence-electron chi connectivity index (χ1n) is 11.2. The summed E-state index contributed by atoms with van der Waals surface area (Å²) < 4.78 is 5.22. The number of aromatic hydroxyl groups is 1. The van der Waals surface area contributed by atoms with E-state index in [-0.39, 0.29) is 18.2 Å². The fraction of sp³-hybridized carbons (Fsp3) is 0.625. The number of phenols is 1. The highest BCUT2D eigenvalue weighted by molar-refractivity contribution is 5.91. The third kappa shape index (κ3) is 8.40. The van der Waals surface area contributed by atoms with Crippen LogP contribution in [0.3, 0.4) is 0 Å². The minimum atomic E-state index is -0.971. The van der Waals surface area contributed by atoms with E-state index in [1.165, 1.54) is 17.0 Å². The maximum absolute atomic E-state index is 13.4. The van der Waals surface area contributed by atoms with Crippen molar-refractivity contribution in [3.63, 3.8) is 0 Å². The maximum atomic E-state index is 13.4. The lowest BCUT2D eigenvalue weighted by Gasteiger charge is -2.43. The lowest BCUT2D eigenvalue weighted by atomic mass is 9.93. The molecule has 3 N–H and O–H groups in total. The number of nitrogens with zero attached hydrogens (tertiary/aromatic N) is 1. The van der Waals surface area contributed by atoms with Gasteiger partial charge in [0.25, 0.3) is 0 Å². The molecule has 0 saturated heterocycles. The zero-order valence-corrected chi connectivity index (χ0v) is 20.4. The number of rotatable bonds is 10. The van der Waals surface area contributed by atoms with Gasteiger partial charge in [-0.15, -0.1) is 0 Å². The van der Waals surface area contributed by atoms with Gasteiger partial charge in [0, 0.05) is 12.1 Å². The van der Waals surface area contributed by atoms with Gasteiger partial charge in [-0.25, -0.2) is 4.79 Å². The molecule has 0 spiro atoms. The second kappa shape index (κ2) is 11.7. The Morgan fingerprint density at radius 1 is 1.09 bits per heavy atom. The number of alkyl carbamates (subject to hydrolysis) is 1. The Bertz CT molecular complexity index is 786. The van der Waals surface area contributed by atoms with Crippen LogP contribution >= 0.6 is 0 Å². The zero-order chi connectivity index (χ0) is 24.5. The molecule has 1 unspecified atom stereocenters. The lowest BCUT2D eigenvalue weighted by Crippen LogP contribution is -2.56. The number of hydrogen-bond donors (Lipinski definition) is 3. The highest BCUT2D eigenvalue weighted by atomic mass is 16.6. The smallest absolute Gasteiger partial charge is 0.408 e. The number of nitrogens with one attached hydrogen (secondary N) is 2. The fourth-order valence-corrected chi connectivity index (χ4v) is 3.15. The molecule has 1 aromatic rings. The lowest BCUT2D eigenvalue weighted by molar-refractivity contribution is -0.146. The Balaban J connectivity index is 3.29. The molecule has 0 bridgehead atoms. The molecule has 32 heavy (non-hydrogen) atoms. The number of hydrogen-bond acceptors (Lipinski definition) is 5. The minimum absolute atomic E-state index is 0.00226. The summed E-state index contributed by atoms with van der Waals surface area (Å²) in [5.41, 5.74) is -0.907. The molecule has 0 fully saturated rings. The van der Waals surface area contributed by atoms with Crippen molar-refractivity contribution in [3.05, 3.63) is 29.8 Å². The van der Waals surface area contributed by atoms with Gasteiger partial charge < -0.3 is 25.4 Å². The molecule has 0 aliphatic rings. The molecular weight excluding hydrogens is 410 g/mol. The van der Waals surface area contributed by atoms with Crippen LogP contribution in [-0.2, 0) is 14.3 Å². The van der Waals surface area contributed by atoms with Crippen molar-refractivity contribution in [1.82, 2.24) is 15.5 Å². The normalized spacial score (nSPS) is 12.6. The van der Waals surface area contributed by atoms with Crippen molar-refractivity contribution in [1.29, 1.82) is 0 Å². The predicted octanol–water partition coefficient (Wildman–Crippen LogP) is 3.89. The van der Waals surface area contributed by atoms with Gasteiger partial charge >= 0.3 is 6.09 Å². The number of unbranched alkanes of at least 4 members (excludes halogenated alkanes) is 1. The summed E-state index contributed by atoms with van der Waals surface area (Å²) in [4.78, 5) is 40.2. The summed E-state index contributed by atoms with van der Waals surface area (Å²) in [5.74, 6) is -0.764. The van der Waals surface area contributed by atoms with E-state index in [1.807, 2.05) is 27.7 Å². The molecule has 1 atom stereocenters. The van der Waals surface area contributed by atoms with Crippen molar-refractivity contribution in [2.24, 2.45) is 0 Å². The van der Waals surface area contributed by atoms with E-state index in [1.54, 1.807) is 32.9 Å². The minimum Gasteiger partial charge on any atom is -0.508 e. The van der Waals surface area contributed by atoms with Crippen molar-refractivity contribution < 1.29 is 24.2 Å². The Morgan fingerprint density at radius 3 is 2.28 bits per heavy atom. The zero-order valence-electron chi connectivity index (χ0n) is 20.4. The number of carbonyl (C=O) groups is 3. The van der Waals surface area contributed by atoms with E-state index >= 15 is 0 Å². The monoisotopic (exact) mass is 449 g/mol. The molecule has 8 nitrogen and oxygen atoms in total. The van der Waals surface area contributed by atoms with E-state index in [9.17, 15) is 19.5 Å². The molecular formula is C24H39N3O5. The van der Waals surface area contributed by atoms with E-state index in [0.717, 1.165) is 12.8 Å². The third-order valence-corrected chi connectivity index (χ3v) is 5.09. The van der Waals surface area contributed by atoms with Crippen molar-refractivity contribution >= 4 is 17.9 Å². The Morgan fingerprint density at radius 2 is 1.75 bits per heavy atom. The highest BCUT2D eigenvalue weighted by Gasteiger charge is 2.40. The van der Waals surface area contributed by atoms with Gasteiger partial charge in [0.2, 0.25) is 11.8 Å². The average Bonchev–Trinajstić information content (AvgIpc) is 2.68. The summed E-state index contributed by atoms with van der Waals surface area (Å²) in [6.07, 6.45) is 1.59. The molecule has 1 rings (SSSR count). The van der Waals surface area contributed by atoms with Crippen molar-refractivity contribution in [2.45, 2.75) is 84.9 Å². The van der Waals surface area contributed by atoms with Gasteiger partial charge in [0.05, 0.1) is 0 Å². The van der Waals surface area contributed by atoms with Crippen LogP contribution in [0.2, 0.25) is 0 Å². The summed E-state index contributed by atoms with van der Waals surface area (Å²) in [7, 11) is 0. The number of amides is 3. The standard InChI is InChI=1S/C24H39N3O5/c1-8-10-14-25-21(30)20(17-12-11-13-18(28)15-17)27(24(6,7)9-2)19(29)16-26-22(31)32-23(3,4)5/h11-13,15,20,28H,8-10,14,16H2,1-7H3,(H,25,30)(H,26,31). The second-order valence-electron chi connectivity index (χ2n) is 9.43. The molecule has 0 heterocycles. The predicted molar refractivity (Wildman–Crippen MR) is 124 cm³/mol. The summed E-state index contributed by atoms with van der Waals surface area (Å²) in [6, 6.07) is 5.37. The van der Waals surface area contributed by atoms with Crippen LogP contribution in [0.15, 0.2) is 24.3 Å². The molecule has 0 radical (unpaired) electrons. The Hall–Kier alpha value is -2.77. The van der Waals surface area contributed by atoms with Gasteiger partial charge in [0.1, 0.15) is 23.9 Å². The van der Waals surface area contributed by atoms with Gasteiger partial charge in [-0.1, -0.05) is 32.4 Å². The van der Waals surface area contributed by atoms with Gasteiger partial charge in [-0.2, -0.15) is 0 Å². The van der Waals surface area contributed by atoms with E-state index in [2.05, 4.69) is 10.6 Å². The third-order valence-electron chi connectivity index (χ3n) is 5.09. The highest BCUT2D eigenvalue weighted by Crippen LogP contribution is 2.32. The number of ether oxygens (including phenoxy) is 1. The van der Waals surface area contributed by atoms with Gasteiger partial charge in [0.15, 0.2) is 0 Å². The molecule has 0 saturated carbocycles. The van der Waals surface area contributed by atoms with Crippen LogP contribution in [0.4, 0.5) is 4.79 Å². The molecule has 180 valence electrons. The molecule has 8 heteroatoms. The van der Waals surface area contributed by atoms with Gasteiger partial charge in [-0.05, 0) is 65.2 Å². The first-order valence-corrected chi connectivity index (χ1v) is 11.2. The van der Waals surface area contributed by atoms with Crippen LogP contribution in [-0.4, -0.2) is 52.1 Å². The summed E-state index contributed by atoms with van der Waals surface area (Å²) in [5, 5.41) is 15.4. The Kier molecular flexibility index (Phi) is 10.0.